The zero-order valence-electron chi connectivity index (χ0n) is 11.7. The Morgan fingerprint density at radius 1 is 1.13 bits per heavy atom. The number of fused-ring (bicyclic) bond motifs is 1. The Hall–Kier alpha value is -1.32. The van der Waals surface area contributed by atoms with Crippen molar-refractivity contribution >= 4 is 12.4 Å². The molecule has 1 N–H and O–H groups in total. The van der Waals surface area contributed by atoms with Crippen molar-refractivity contribution in [3.05, 3.63) is 23.8 Å². The van der Waals surface area contributed by atoms with E-state index in [2.05, 4.69) is 14.8 Å². The summed E-state index contributed by atoms with van der Waals surface area (Å²) in [6.45, 7) is 1.11. The fourth-order valence-corrected chi connectivity index (χ4v) is 2.73. The molecule has 0 unspecified atom stereocenters. The number of halogens is 6. The summed E-state index contributed by atoms with van der Waals surface area (Å²) >= 11 is 0. The van der Waals surface area contributed by atoms with E-state index in [4.69, 9.17) is 0 Å². The minimum Gasteiger partial charge on any atom is -0.395 e. The van der Waals surface area contributed by atoms with E-state index in [0.29, 0.717) is 13.1 Å². The van der Waals surface area contributed by atoms with Gasteiger partial charge in [-0.15, -0.1) is 21.2 Å². The van der Waals surface area contributed by atoms with Gasteiger partial charge in [-0.1, -0.05) is 12.1 Å². The maximum absolute atomic E-state index is 13.5. The highest BCUT2D eigenvalue weighted by molar-refractivity contribution is 5.85. The third-order valence-corrected chi connectivity index (χ3v) is 3.58. The van der Waals surface area contributed by atoms with Gasteiger partial charge in [0.15, 0.2) is 11.5 Å². The highest BCUT2D eigenvalue weighted by atomic mass is 35.5. The summed E-state index contributed by atoms with van der Waals surface area (Å²) in [6.07, 6.45) is -8.56. The Morgan fingerprint density at radius 2 is 1.78 bits per heavy atom. The van der Waals surface area contributed by atoms with E-state index < -0.39 is 24.3 Å². The SMILES string of the molecule is Cl.FC1(F)Oc2cccc([C@@H](N3CCNCC3)C(F)(F)F)c2O1. The second kappa shape index (κ2) is 6.29. The highest BCUT2D eigenvalue weighted by Gasteiger charge is 2.51. The number of para-hydroxylation sites is 1. The van der Waals surface area contributed by atoms with E-state index in [1.165, 1.54) is 11.0 Å². The zero-order valence-corrected chi connectivity index (χ0v) is 12.5. The maximum Gasteiger partial charge on any atom is 0.586 e. The molecule has 1 fully saturated rings. The van der Waals surface area contributed by atoms with E-state index in [1.807, 2.05) is 0 Å². The molecule has 1 saturated heterocycles. The molecule has 1 aromatic rings. The number of ether oxygens (including phenoxy) is 2. The molecule has 2 aliphatic heterocycles. The quantitative estimate of drug-likeness (QED) is 0.822. The lowest BCUT2D eigenvalue weighted by Gasteiger charge is -2.36. The molecule has 1 atom stereocenters. The molecular weight excluding hydrogens is 347 g/mol. The molecular formula is C13H14ClF5N2O2. The second-order valence-electron chi connectivity index (χ2n) is 5.07. The van der Waals surface area contributed by atoms with Crippen molar-refractivity contribution in [1.29, 1.82) is 0 Å². The molecule has 2 aliphatic rings. The normalized spacial score (nSPS) is 21.6. The molecule has 0 aromatic heterocycles. The van der Waals surface area contributed by atoms with Crippen LogP contribution < -0.4 is 14.8 Å². The summed E-state index contributed by atoms with van der Waals surface area (Å²) in [5.41, 5.74) is -0.357. The average Bonchev–Trinajstić information content (AvgIpc) is 2.73. The maximum atomic E-state index is 13.5. The Kier molecular flexibility index (Phi) is 4.93. The number of benzene rings is 1. The topological polar surface area (TPSA) is 33.7 Å². The number of piperazine rings is 1. The van der Waals surface area contributed by atoms with Gasteiger partial charge in [0.2, 0.25) is 0 Å². The first-order chi connectivity index (χ1) is 10.3. The van der Waals surface area contributed by atoms with Crippen molar-refractivity contribution in [1.82, 2.24) is 10.2 Å². The van der Waals surface area contributed by atoms with E-state index in [0.717, 1.165) is 12.1 Å². The predicted molar refractivity (Wildman–Crippen MR) is 73.1 cm³/mol. The minimum absolute atomic E-state index is 0. The summed E-state index contributed by atoms with van der Waals surface area (Å²) in [5.74, 6) is -0.930. The lowest BCUT2D eigenvalue weighted by molar-refractivity contribution is -0.287. The van der Waals surface area contributed by atoms with Gasteiger partial charge in [-0.25, -0.2) is 0 Å². The van der Waals surface area contributed by atoms with Gasteiger partial charge in [-0.3, -0.25) is 4.90 Å². The summed E-state index contributed by atoms with van der Waals surface area (Å²) in [6, 6.07) is 1.54. The average molecular weight is 361 g/mol. The molecule has 23 heavy (non-hydrogen) atoms. The van der Waals surface area contributed by atoms with Crippen molar-refractivity contribution in [2.24, 2.45) is 0 Å². The Morgan fingerprint density at radius 3 is 2.39 bits per heavy atom. The molecule has 0 bridgehead atoms. The van der Waals surface area contributed by atoms with Crippen molar-refractivity contribution in [2.75, 3.05) is 26.2 Å². The Bertz CT molecular complexity index is 564. The number of hydrogen-bond acceptors (Lipinski definition) is 4. The van der Waals surface area contributed by atoms with Crippen LogP contribution in [0.2, 0.25) is 0 Å². The predicted octanol–water partition coefficient (Wildman–Crippen LogP) is 2.94. The van der Waals surface area contributed by atoms with Gasteiger partial charge in [0.25, 0.3) is 0 Å². The van der Waals surface area contributed by atoms with Gasteiger partial charge >= 0.3 is 12.5 Å². The molecule has 10 heteroatoms. The summed E-state index contributed by atoms with van der Waals surface area (Å²) in [7, 11) is 0. The third-order valence-electron chi connectivity index (χ3n) is 3.58. The van der Waals surface area contributed by atoms with E-state index in [1.54, 1.807) is 0 Å². The standard InChI is InChI=1S/C13H13F5N2O2.ClH/c14-12(15,16)11(20-6-4-19-5-7-20)8-2-1-3-9-10(8)22-13(17,18)21-9;/h1-3,11,19H,4-7H2;1H/t11-;/m1./s1. The van der Waals surface area contributed by atoms with Gasteiger partial charge in [-0.2, -0.15) is 13.2 Å². The molecule has 0 radical (unpaired) electrons. The van der Waals surface area contributed by atoms with Gasteiger partial charge in [0.1, 0.15) is 6.04 Å². The molecule has 2 heterocycles. The fourth-order valence-electron chi connectivity index (χ4n) is 2.73. The van der Waals surface area contributed by atoms with Crippen LogP contribution in [-0.2, 0) is 0 Å². The van der Waals surface area contributed by atoms with Gasteiger partial charge in [0, 0.05) is 31.7 Å². The van der Waals surface area contributed by atoms with Crippen LogP contribution >= 0.6 is 12.4 Å². The first-order valence-corrected chi connectivity index (χ1v) is 6.68. The van der Waals surface area contributed by atoms with Gasteiger partial charge < -0.3 is 14.8 Å². The lowest BCUT2D eigenvalue weighted by Crippen LogP contribution is -2.49. The smallest absolute Gasteiger partial charge is 0.395 e. The molecule has 3 rings (SSSR count). The van der Waals surface area contributed by atoms with Crippen LogP contribution in [0.15, 0.2) is 18.2 Å². The minimum atomic E-state index is -4.62. The van der Waals surface area contributed by atoms with Crippen LogP contribution in [-0.4, -0.2) is 43.5 Å². The number of hydrogen-bond donors (Lipinski definition) is 1. The van der Waals surface area contributed by atoms with Gasteiger partial charge in [-0.05, 0) is 6.07 Å². The van der Waals surface area contributed by atoms with Crippen molar-refractivity contribution in [3.63, 3.8) is 0 Å². The first-order valence-electron chi connectivity index (χ1n) is 6.68. The molecule has 0 spiro atoms. The van der Waals surface area contributed by atoms with Crippen molar-refractivity contribution in [3.8, 4) is 11.5 Å². The van der Waals surface area contributed by atoms with Crippen LogP contribution in [0, 0.1) is 0 Å². The van der Waals surface area contributed by atoms with Crippen LogP contribution in [0.1, 0.15) is 11.6 Å². The highest BCUT2D eigenvalue weighted by Crippen LogP contribution is 2.49. The van der Waals surface area contributed by atoms with Crippen molar-refractivity contribution < 1.29 is 31.4 Å². The Balaban J connectivity index is 0.00000192. The van der Waals surface area contributed by atoms with Crippen LogP contribution in [0.3, 0.4) is 0 Å². The Labute approximate surface area is 134 Å². The van der Waals surface area contributed by atoms with Gasteiger partial charge in [0.05, 0.1) is 0 Å². The van der Waals surface area contributed by atoms with Crippen LogP contribution in [0.4, 0.5) is 22.0 Å². The summed E-state index contributed by atoms with van der Waals surface area (Å²) in [5, 5.41) is 2.95. The number of rotatable bonds is 2. The molecule has 0 saturated carbocycles. The van der Waals surface area contributed by atoms with Crippen LogP contribution in [0.25, 0.3) is 0 Å². The summed E-state index contributed by atoms with van der Waals surface area (Å²) < 4.78 is 75.4. The van der Waals surface area contributed by atoms with Crippen molar-refractivity contribution in [2.45, 2.75) is 18.5 Å². The zero-order chi connectivity index (χ0) is 16.0. The fraction of sp³-hybridized carbons (Fsp3) is 0.538. The largest absolute Gasteiger partial charge is 0.586 e. The molecule has 1 aromatic carbocycles. The lowest BCUT2D eigenvalue weighted by atomic mass is 10.0. The number of nitrogens with zero attached hydrogens (tertiary/aromatic N) is 1. The van der Waals surface area contributed by atoms with E-state index in [9.17, 15) is 22.0 Å². The molecule has 0 amide bonds. The molecule has 130 valence electrons. The van der Waals surface area contributed by atoms with Crippen LogP contribution in [0.5, 0.6) is 11.5 Å². The molecule has 4 nitrogen and oxygen atoms in total. The third kappa shape index (κ3) is 3.61. The number of alkyl halides is 5. The second-order valence-corrected chi connectivity index (χ2v) is 5.07. The van der Waals surface area contributed by atoms with E-state index in [-0.39, 0.29) is 36.8 Å². The van der Waals surface area contributed by atoms with E-state index >= 15 is 0 Å². The monoisotopic (exact) mass is 360 g/mol. The summed E-state index contributed by atoms with van der Waals surface area (Å²) in [4.78, 5) is 1.20. The number of nitrogens with one attached hydrogen (secondary N) is 1. The first kappa shape index (κ1) is 18.0. The molecule has 0 aliphatic carbocycles.